The van der Waals surface area contributed by atoms with Gasteiger partial charge in [-0.15, -0.1) is 0 Å². The molecule has 4 nitrogen and oxygen atoms in total. The van der Waals surface area contributed by atoms with Crippen molar-refractivity contribution in [2.75, 3.05) is 4.90 Å². The summed E-state index contributed by atoms with van der Waals surface area (Å²) in [5.74, 6) is 0. The third-order valence-electron chi connectivity index (χ3n) is 3.51. The molecule has 0 aliphatic rings. The molecule has 3 aromatic carbocycles. The van der Waals surface area contributed by atoms with E-state index in [2.05, 4.69) is 31.9 Å². The number of rotatable bonds is 4. The van der Waals surface area contributed by atoms with E-state index in [1.165, 1.54) is 6.07 Å². The monoisotopic (exact) mass is 446 g/mol. The second-order valence-electron chi connectivity index (χ2n) is 4.98. The molecule has 0 saturated heterocycles. The standard InChI is InChI=1S/C18H12Br2N2O2/c19-13-7-1-3-9-15(13)21(16-10-4-2-8-14(16)20)17-11-5-6-12-18(17)22(23)24/h1-12H. The number of nitrogens with zero attached hydrogens (tertiary/aromatic N) is 2. The molecular weight excluding hydrogens is 436 g/mol. The molecule has 0 N–H and O–H groups in total. The molecule has 3 aromatic rings. The molecule has 0 saturated carbocycles. The molecule has 3 rings (SSSR count). The van der Waals surface area contributed by atoms with Crippen molar-refractivity contribution in [3.63, 3.8) is 0 Å². The molecule has 0 aliphatic heterocycles. The van der Waals surface area contributed by atoms with Crippen LogP contribution in [-0.2, 0) is 0 Å². The molecule has 0 unspecified atom stereocenters. The predicted molar refractivity (Wildman–Crippen MR) is 103 cm³/mol. The first-order valence-electron chi connectivity index (χ1n) is 7.12. The largest absolute Gasteiger partial charge is 0.302 e. The van der Waals surface area contributed by atoms with Gasteiger partial charge in [0.1, 0.15) is 5.69 Å². The van der Waals surface area contributed by atoms with Crippen LogP contribution >= 0.6 is 31.9 Å². The van der Waals surface area contributed by atoms with Crippen LogP contribution in [0.25, 0.3) is 0 Å². The SMILES string of the molecule is O=[N+]([O-])c1ccccc1N(c1ccccc1Br)c1ccccc1Br. The zero-order valence-corrected chi connectivity index (χ0v) is 15.6. The van der Waals surface area contributed by atoms with E-state index in [0.29, 0.717) is 5.69 Å². The molecule has 0 heterocycles. The smallest absolute Gasteiger partial charge is 0.293 e. The highest BCUT2D eigenvalue weighted by Crippen LogP contribution is 2.44. The molecule has 0 aliphatic carbocycles. The van der Waals surface area contributed by atoms with Gasteiger partial charge in [-0.3, -0.25) is 10.1 Å². The summed E-state index contributed by atoms with van der Waals surface area (Å²) in [5, 5.41) is 11.5. The topological polar surface area (TPSA) is 46.4 Å². The van der Waals surface area contributed by atoms with Crippen LogP contribution in [0.1, 0.15) is 0 Å². The first-order chi connectivity index (χ1) is 11.6. The summed E-state index contributed by atoms with van der Waals surface area (Å²) < 4.78 is 1.69. The Bertz CT molecular complexity index is 854. The van der Waals surface area contributed by atoms with Gasteiger partial charge in [0.15, 0.2) is 0 Å². The van der Waals surface area contributed by atoms with Crippen molar-refractivity contribution in [2.45, 2.75) is 0 Å². The molecule has 0 bridgehead atoms. The Hall–Kier alpha value is -2.18. The molecule has 0 atom stereocenters. The van der Waals surface area contributed by atoms with Crippen molar-refractivity contribution < 1.29 is 4.92 Å². The average Bonchev–Trinajstić information content (AvgIpc) is 2.59. The zero-order chi connectivity index (χ0) is 17.1. The highest BCUT2D eigenvalue weighted by molar-refractivity contribution is 9.11. The van der Waals surface area contributed by atoms with E-state index >= 15 is 0 Å². The van der Waals surface area contributed by atoms with Gasteiger partial charge in [-0.05, 0) is 62.2 Å². The van der Waals surface area contributed by atoms with E-state index in [1.807, 2.05) is 53.4 Å². The Labute approximate surface area is 156 Å². The van der Waals surface area contributed by atoms with E-state index in [1.54, 1.807) is 18.2 Å². The van der Waals surface area contributed by atoms with E-state index in [9.17, 15) is 10.1 Å². The molecule has 120 valence electrons. The number of halogens is 2. The second-order valence-corrected chi connectivity index (χ2v) is 6.69. The number of para-hydroxylation sites is 4. The lowest BCUT2D eigenvalue weighted by Gasteiger charge is -2.26. The number of hydrogen-bond donors (Lipinski definition) is 0. The fraction of sp³-hybridized carbons (Fsp3) is 0. The predicted octanol–water partition coefficient (Wildman–Crippen LogP) is 6.59. The number of hydrogen-bond acceptors (Lipinski definition) is 3. The number of nitro benzene ring substituents is 1. The minimum absolute atomic E-state index is 0.0454. The maximum absolute atomic E-state index is 11.5. The summed E-state index contributed by atoms with van der Waals surface area (Å²) in [6, 6.07) is 22.0. The minimum Gasteiger partial charge on any atom is -0.302 e. The van der Waals surface area contributed by atoms with E-state index in [-0.39, 0.29) is 10.6 Å². The highest BCUT2D eigenvalue weighted by Gasteiger charge is 2.24. The van der Waals surface area contributed by atoms with Gasteiger partial charge in [-0.1, -0.05) is 36.4 Å². The number of benzene rings is 3. The van der Waals surface area contributed by atoms with Crippen LogP contribution in [0.15, 0.2) is 81.7 Å². The lowest BCUT2D eigenvalue weighted by molar-refractivity contribution is -0.384. The van der Waals surface area contributed by atoms with Crippen molar-refractivity contribution in [2.24, 2.45) is 0 Å². The van der Waals surface area contributed by atoms with Crippen molar-refractivity contribution in [1.82, 2.24) is 0 Å². The quantitative estimate of drug-likeness (QED) is 0.334. The maximum Gasteiger partial charge on any atom is 0.293 e. The van der Waals surface area contributed by atoms with Gasteiger partial charge < -0.3 is 4.90 Å². The highest BCUT2D eigenvalue weighted by atomic mass is 79.9. The molecule has 0 radical (unpaired) electrons. The van der Waals surface area contributed by atoms with Crippen molar-refractivity contribution >= 4 is 54.6 Å². The molecular formula is C18H12Br2N2O2. The van der Waals surface area contributed by atoms with Crippen LogP contribution in [0.4, 0.5) is 22.7 Å². The lowest BCUT2D eigenvalue weighted by atomic mass is 10.1. The Morgan fingerprint density at radius 2 is 1.12 bits per heavy atom. The molecule has 24 heavy (non-hydrogen) atoms. The van der Waals surface area contributed by atoms with Crippen LogP contribution < -0.4 is 4.90 Å². The first-order valence-corrected chi connectivity index (χ1v) is 8.71. The normalized spacial score (nSPS) is 10.4. The van der Waals surface area contributed by atoms with Crippen molar-refractivity contribution in [3.05, 3.63) is 91.9 Å². The fourth-order valence-corrected chi connectivity index (χ4v) is 3.39. The lowest BCUT2D eigenvalue weighted by Crippen LogP contribution is -2.13. The zero-order valence-electron chi connectivity index (χ0n) is 12.4. The van der Waals surface area contributed by atoms with Crippen LogP contribution in [-0.4, -0.2) is 4.92 Å². The number of anilines is 3. The Kier molecular flexibility index (Phi) is 4.97. The Morgan fingerprint density at radius 3 is 1.58 bits per heavy atom. The summed E-state index contributed by atoms with van der Waals surface area (Å²) in [6.07, 6.45) is 0. The van der Waals surface area contributed by atoms with Crippen LogP contribution in [0.5, 0.6) is 0 Å². The van der Waals surface area contributed by atoms with E-state index in [4.69, 9.17) is 0 Å². The van der Waals surface area contributed by atoms with Gasteiger partial charge in [0, 0.05) is 15.0 Å². The molecule has 0 amide bonds. The van der Waals surface area contributed by atoms with E-state index < -0.39 is 0 Å². The van der Waals surface area contributed by atoms with Crippen molar-refractivity contribution in [3.8, 4) is 0 Å². The van der Waals surface area contributed by atoms with Gasteiger partial charge in [-0.25, -0.2) is 0 Å². The van der Waals surface area contributed by atoms with Gasteiger partial charge in [0.25, 0.3) is 5.69 Å². The third-order valence-corrected chi connectivity index (χ3v) is 4.85. The fourth-order valence-electron chi connectivity index (χ4n) is 2.46. The van der Waals surface area contributed by atoms with Gasteiger partial charge in [0.05, 0.1) is 16.3 Å². The summed E-state index contributed by atoms with van der Waals surface area (Å²) in [6.45, 7) is 0. The minimum atomic E-state index is -0.365. The molecule has 0 spiro atoms. The summed E-state index contributed by atoms with van der Waals surface area (Å²) in [5.41, 5.74) is 2.18. The van der Waals surface area contributed by atoms with Gasteiger partial charge in [0.2, 0.25) is 0 Å². The Balaban J connectivity index is 2.31. The number of nitro groups is 1. The Morgan fingerprint density at radius 1 is 0.708 bits per heavy atom. The first kappa shape index (κ1) is 16.7. The molecule has 0 fully saturated rings. The second kappa shape index (κ2) is 7.15. The third kappa shape index (κ3) is 3.20. The van der Waals surface area contributed by atoms with Crippen LogP contribution in [0.2, 0.25) is 0 Å². The summed E-state index contributed by atoms with van der Waals surface area (Å²) in [7, 11) is 0. The summed E-state index contributed by atoms with van der Waals surface area (Å²) >= 11 is 7.10. The van der Waals surface area contributed by atoms with Gasteiger partial charge >= 0.3 is 0 Å². The van der Waals surface area contributed by atoms with Crippen LogP contribution in [0.3, 0.4) is 0 Å². The maximum atomic E-state index is 11.5. The van der Waals surface area contributed by atoms with Gasteiger partial charge in [-0.2, -0.15) is 0 Å². The van der Waals surface area contributed by atoms with Crippen LogP contribution in [0, 0.1) is 10.1 Å². The van der Waals surface area contributed by atoms with Crippen molar-refractivity contribution in [1.29, 1.82) is 0 Å². The molecule has 6 heteroatoms. The molecule has 0 aromatic heterocycles. The average molecular weight is 448 g/mol. The summed E-state index contributed by atoms with van der Waals surface area (Å²) in [4.78, 5) is 13.0. The van der Waals surface area contributed by atoms with E-state index in [0.717, 1.165) is 20.3 Å².